The molecule has 0 saturated carbocycles. The number of aliphatic carboxylic acids is 1. The van der Waals surface area contributed by atoms with Crippen LogP contribution in [0.1, 0.15) is 64.7 Å². The van der Waals surface area contributed by atoms with E-state index >= 15 is 0 Å². The van der Waals surface area contributed by atoms with Gasteiger partial charge >= 0.3 is 5.97 Å². The molecule has 0 aliphatic carbocycles. The lowest BCUT2D eigenvalue weighted by atomic mass is 9.78. The molecule has 0 aromatic heterocycles. The Morgan fingerprint density at radius 1 is 1.25 bits per heavy atom. The molecule has 2 rings (SSSR count). The molecular weight excluding hydrogens is 306 g/mol. The third kappa shape index (κ3) is 5.93. The van der Waals surface area contributed by atoms with Gasteiger partial charge in [0.25, 0.3) is 0 Å². The van der Waals surface area contributed by atoms with E-state index in [4.69, 9.17) is 14.7 Å². The maximum Gasteiger partial charge on any atom is 0.303 e. The van der Waals surface area contributed by atoms with E-state index < -0.39 is 5.97 Å². The molecule has 0 unspecified atom stereocenters. The second-order valence-electron chi connectivity index (χ2n) is 6.82. The molecule has 24 heavy (non-hydrogen) atoms. The Balaban J connectivity index is 1.72. The van der Waals surface area contributed by atoms with Gasteiger partial charge in [0, 0.05) is 18.6 Å². The molecule has 0 radical (unpaired) electrons. The maximum atomic E-state index is 10.5. The van der Waals surface area contributed by atoms with Crippen LogP contribution >= 0.6 is 0 Å². The molecule has 2 fully saturated rings. The van der Waals surface area contributed by atoms with E-state index in [1.807, 2.05) is 6.21 Å². The molecule has 2 saturated heterocycles. The van der Waals surface area contributed by atoms with Crippen LogP contribution in [0, 0.1) is 11.8 Å². The summed E-state index contributed by atoms with van der Waals surface area (Å²) < 4.78 is 6.04. The standard InChI is InChI=1S/C19H31NO4/c1-2-3-8-13-23-20-14-16-15(17-11-12-18(16)24-17)9-6-4-5-7-10-19(21)22/h4,6,14-18H,2-3,5,7-13H2,1H3,(H,21,22)/b6-4-,20-14?/t15-,16+,17-,18+/m1/s1. The van der Waals surface area contributed by atoms with Crippen LogP contribution in [0.15, 0.2) is 17.3 Å². The van der Waals surface area contributed by atoms with Crippen molar-refractivity contribution in [1.29, 1.82) is 0 Å². The van der Waals surface area contributed by atoms with Gasteiger partial charge < -0.3 is 14.7 Å². The minimum Gasteiger partial charge on any atom is -0.481 e. The zero-order chi connectivity index (χ0) is 17.2. The fraction of sp³-hybridized carbons (Fsp3) is 0.789. The van der Waals surface area contributed by atoms with Crippen molar-refractivity contribution in [3.63, 3.8) is 0 Å². The monoisotopic (exact) mass is 337 g/mol. The summed E-state index contributed by atoms with van der Waals surface area (Å²) in [6.07, 6.45) is 15.3. The van der Waals surface area contributed by atoms with Crippen molar-refractivity contribution in [2.75, 3.05) is 6.61 Å². The fourth-order valence-electron chi connectivity index (χ4n) is 3.65. The minimum atomic E-state index is -0.722. The molecule has 0 aromatic rings. The average molecular weight is 337 g/mol. The SMILES string of the molecule is CCCCCON=C[C@H]1[C@@H](C/C=C\CCCC(=O)O)[C@H]2CC[C@@H]1O2. The fourth-order valence-corrected chi connectivity index (χ4v) is 3.65. The predicted octanol–water partition coefficient (Wildman–Crippen LogP) is 4.17. The van der Waals surface area contributed by atoms with E-state index in [1.165, 1.54) is 12.8 Å². The molecule has 136 valence electrons. The first-order chi connectivity index (χ1) is 11.7. The van der Waals surface area contributed by atoms with Gasteiger partial charge in [0.1, 0.15) is 6.61 Å². The van der Waals surface area contributed by atoms with Crippen LogP contribution in [-0.2, 0) is 14.4 Å². The predicted molar refractivity (Wildman–Crippen MR) is 94.1 cm³/mol. The molecule has 4 atom stereocenters. The lowest BCUT2D eigenvalue weighted by Crippen LogP contribution is -2.28. The molecule has 5 heteroatoms. The van der Waals surface area contributed by atoms with Gasteiger partial charge in [0.05, 0.1) is 12.2 Å². The first-order valence-corrected chi connectivity index (χ1v) is 9.40. The number of hydrogen-bond acceptors (Lipinski definition) is 4. The molecule has 2 aliphatic rings. The van der Waals surface area contributed by atoms with Crippen LogP contribution in [0.5, 0.6) is 0 Å². The number of nitrogens with zero attached hydrogens (tertiary/aromatic N) is 1. The van der Waals surface area contributed by atoms with Gasteiger partial charge in [-0.05, 0) is 44.4 Å². The topological polar surface area (TPSA) is 68.1 Å². The van der Waals surface area contributed by atoms with Crippen molar-refractivity contribution >= 4 is 12.2 Å². The second kappa shape index (κ2) is 10.5. The smallest absolute Gasteiger partial charge is 0.303 e. The van der Waals surface area contributed by atoms with Crippen molar-refractivity contribution in [3.05, 3.63) is 12.2 Å². The van der Waals surface area contributed by atoms with Gasteiger partial charge in [-0.3, -0.25) is 4.79 Å². The molecule has 2 bridgehead atoms. The Labute approximate surface area is 145 Å². The summed E-state index contributed by atoms with van der Waals surface area (Å²) in [4.78, 5) is 15.9. The zero-order valence-electron chi connectivity index (χ0n) is 14.7. The molecular formula is C19H31NO4. The van der Waals surface area contributed by atoms with Crippen LogP contribution < -0.4 is 0 Å². The Hall–Kier alpha value is -1.36. The summed E-state index contributed by atoms with van der Waals surface area (Å²) in [5, 5.41) is 12.8. The number of carboxylic acid groups (broad SMARTS) is 1. The summed E-state index contributed by atoms with van der Waals surface area (Å²) in [5.74, 6) is 0.0983. The highest BCUT2D eigenvalue weighted by Gasteiger charge is 2.47. The molecule has 0 amide bonds. The number of hydrogen-bond donors (Lipinski definition) is 1. The first kappa shape index (κ1) is 19.0. The number of unbranched alkanes of at least 4 members (excludes halogenated alkanes) is 3. The van der Waals surface area contributed by atoms with Crippen molar-refractivity contribution in [2.24, 2.45) is 17.0 Å². The lowest BCUT2D eigenvalue weighted by molar-refractivity contribution is -0.137. The van der Waals surface area contributed by atoms with E-state index in [2.05, 4.69) is 24.2 Å². The lowest BCUT2D eigenvalue weighted by Gasteiger charge is -2.23. The molecule has 0 aromatic carbocycles. The number of carboxylic acids is 1. The van der Waals surface area contributed by atoms with Crippen LogP contribution in [0.3, 0.4) is 0 Å². The van der Waals surface area contributed by atoms with Gasteiger partial charge in [-0.25, -0.2) is 0 Å². The van der Waals surface area contributed by atoms with E-state index in [9.17, 15) is 4.79 Å². The number of carbonyl (C=O) groups is 1. The van der Waals surface area contributed by atoms with E-state index in [0.717, 1.165) is 32.1 Å². The normalized spacial score (nSPS) is 29.0. The van der Waals surface area contributed by atoms with E-state index in [0.29, 0.717) is 37.1 Å². The van der Waals surface area contributed by atoms with Gasteiger partial charge in [-0.2, -0.15) is 0 Å². The minimum absolute atomic E-state index is 0.242. The Bertz CT molecular complexity index is 435. The Morgan fingerprint density at radius 3 is 2.88 bits per heavy atom. The van der Waals surface area contributed by atoms with Gasteiger partial charge in [-0.15, -0.1) is 0 Å². The number of rotatable bonds is 12. The molecule has 2 heterocycles. The highest BCUT2D eigenvalue weighted by atomic mass is 16.6. The summed E-state index contributed by atoms with van der Waals surface area (Å²) in [6.45, 7) is 2.87. The van der Waals surface area contributed by atoms with Crippen LogP contribution in [0.25, 0.3) is 0 Å². The number of allylic oxidation sites excluding steroid dienone is 2. The zero-order valence-corrected chi connectivity index (χ0v) is 14.7. The van der Waals surface area contributed by atoms with Crippen LogP contribution in [0.2, 0.25) is 0 Å². The van der Waals surface area contributed by atoms with Gasteiger partial charge in [0.2, 0.25) is 0 Å². The van der Waals surface area contributed by atoms with Crippen LogP contribution in [0.4, 0.5) is 0 Å². The van der Waals surface area contributed by atoms with E-state index in [1.54, 1.807) is 0 Å². The van der Waals surface area contributed by atoms with Crippen molar-refractivity contribution < 1.29 is 19.5 Å². The van der Waals surface area contributed by atoms with Gasteiger partial charge in [0.15, 0.2) is 0 Å². The van der Waals surface area contributed by atoms with Crippen LogP contribution in [-0.4, -0.2) is 36.1 Å². The largest absolute Gasteiger partial charge is 0.481 e. The number of oxime groups is 1. The first-order valence-electron chi connectivity index (χ1n) is 9.40. The highest BCUT2D eigenvalue weighted by molar-refractivity contribution is 5.66. The molecule has 2 aliphatic heterocycles. The summed E-state index contributed by atoms with van der Waals surface area (Å²) in [7, 11) is 0. The quantitative estimate of drug-likeness (QED) is 0.251. The average Bonchev–Trinajstić information content (AvgIpc) is 3.15. The highest BCUT2D eigenvalue weighted by Crippen LogP contribution is 2.44. The number of ether oxygens (including phenoxy) is 1. The third-order valence-electron chi connectivity index (χ3n) is 4.97. The molecule has 1 N–H and O–H groups in total. The Kier molecular flexibility index (Phi) is 8.29. The second-order valence-corrected chi connectivity index (χ2v) is 6.82. The van der Waals surface area contributed by atoms with Crippen molar-refractivity contribution in [3.8, 4) is 0 Å². The maximum absolute atomic E-state index is 10.5. The van der Waals surface area contributed by atoms with Gasteiger partial charge in [-0.1, -0.05) is 37.1 Å². The molecule has 5 nitrogen and oxygen atoms in total. The summed E-state index contributed by atoms with van der Waals surface area (Å²) in [5.41, 5.74) is 0. The number of fused-ring (bicyclic) bond motifs is 2. The van der Waals surface area contributed by atoms with Crippen molar-refractivity contribution in [1.82, 2.24) is 0 Å². The Morgan fingerprint density at radius 2 is 2.08 bits per heavy atom. The van der Waals surface area contributed by atoms with E-state index in [-0.39, 0.29) is 6.42 Å². The third-order valence-corrected chi connectivity index (χ3v) is 4.97. The molecule has 0 spiro atoms. The summed E-state index contributed by atoms with van der Waals surface area (Å²) >= 11 is 0. The van der Waals surface area contributed by atoms with Crippen molar-refractivity contribution in [2.45, 2.75) is 76.9 Å². The summed E-state index contributed by atoms with van der Waals surface area (Å²) in [6, 6.07) is 0.